The highest BCUT2D eigenvalue weighted by molar-refractivity contribution is 5.40. The molecule has 3 rings (SSSR count). The molecule has 21 heavy (non-hydrogen) atoms. The predicted molar refractivity (Wildman–Crippen MR) is 87.5 cm³/mol. The van der Waals surface area contributed by atoms with E-state index in [1.54, 1.807) is 0 Å². The lowest BCUT2D eigenvalue weighted by molar-refractivity contribution is -0.0964. The van der Waals surface area contributed by atoms with E-state index in [1.165, 1.54) is 47.9 Å². The Bertz CT molecular complexity index is 493. The molecule has 1 aromatic carbocycles. The maximum absolute atomic E-state index is 6.72. The fraction of sp³-hybridized carbons (Fsp3) is 0.684. The number of aryl methyl sites for hydroxylation is 3. The molecule has 2 nitrogen and oxygen atoms in total. The minimum Gasteiger partial charge on any atom is -0.375 e. The van der Waals surface area contributed by atoms with Crippen LogP contribution in [0.1, 0.15) is 66.8 Å². The molecule has 1 aliphatic heterocycles. The molecular weight excluding hydrogens is 258 g/mol. The van der Waals surface area contributed by atoms with Crippen LogP contribution in [0.15, 0.2) is 12.1 Å². The molecule has 2 aliphatic rings. The SMILES string of the molecule is Cc1cc(C)c(C(N)C2CCOC3(CCCC3)C2)c(C)c1. The molecule has 2 fully saturated rings. The lowest BCUT2D eigenvalue weighted by Crippen LogP contribution is -2.41. The van der Waals surface area contributed by atoms with Gasteiger partial charge in [-0.2, -0.15) is 0 Å². The second-order valence-corrected chi connectivity index (χ2v) is 7.33. The Hall–Kier alpha value is -0.860. The zero-order valence-corrected chi connectivity index (χ0v) is 13.7. The fourth-order valence-electron chi connectivity index (χ4n) is 4.69. The van der Waals surface area contributed by atoms with Crippen LogP contribution in [0.25, 0.3) is 0 Å². The van der Waals surface area contributed by atoms with E-state index in [2.05, 4.69) is 32.9 Å². The van der Waals surface area contributed by atoms with E-state index in [0.29, 0.717) is 5.92 Å². The Labute approximate surface area is 129 Å². The first-order chi connectivity index (χ1) is 10.0. The molecule has 116 valence electrons. The van der Waals surface area contributed by atoms with Crippen LogP contribution in [0.4, 0.5) is 0 Å². The molecule has 0 bridgehead atoms. The van der Waals surface area contributed by atoms with Gasteiger partial charge in [0, 0.05) is 12.6 Å². The van der Waals surface area contributed by atoms with Crippen molar-refractivity contribution >= 4 is 0 Å². The molecular formula is C19H29NO. The van der Waals surface area contributed by atoms with Gasteiger partial charge in [-0.25, -0.2) is 0 Å². The third kappa shape index (κ3) is 2.89. The standard InChI is InChI=1S/C19H29NO/c1-13-10-14(2)17(15(3)11-13)18(20)16-6-9-21-19(12-16)7-4-5-8-19/h10-11,16,18H,4-9,12,20H2,1-3H3. The van der Waals surface area contributed by atoms with Gasteiger partial charge in [0.05, 0.1) is 5.60 Å². The number of ether oxygens (including phenoxy) is 1. The molecule has 1 aliphatic carbocycles. The van der Waals surface area contributed by atoms with Crippen molar-refractivity contribution in [1.82, 2.24) is 0 Å². The first kappa shape index (κ1) is 15.1. The third-order valence-corrected chi connectivity index (χ3v) is 5.63. The van der Waals surface area contributed by atoms with Crippen LogP contribution < -0.4 is 5.73 Å². The maximum Gasteiger partial charge on any atom is 0.0685 e. The predicted octanol–water partition coefficient (Wildman–Crippen LogP) is 4.35. The van der Waals surface area contributed by atoms with Crippen LogP contribution in [0, 0.1) is 26.7 Å². The van der Waals surface area contributed by atoms with Crippen molar-refractivity contribution in [2.24, 2.45) is 11.7 Å². The number of hydrogen-bond donors (Lipinski definition) is 1. The Morgan fingerprint density at radius 2 is 1.76 bits per heavy atom. The van der Waals surface area contributed by atoms with Gasteiger partial charge in [-0.05, 0) is 69.1 Å². The van der Waals surface area contributed by atoms with Crippen molar-refractivity contribution < 1.29 is 4.74 Å². The van der Waals surface area contributed by atoms with Crippen LogP contribution in [0.2, 0.25) is 0 Å². The summed E-state index contributed by atoms with van der Waals surface area (Å²) in [6, 6.07) is 4.70. The van der Waals surface area contributed by atoms with Crippen LogP contribution in [-0.2, 0) is 4.74 Å². The average molecular weight is 287 g/mol. The first-order valence-corrected chi connectivity index (χ1v) is 8.48. The number of nitrogens with two attached hydrogens (primary N) is 1. The lowest BCUT2D eigenvalue weighted by atomic mass is 9.77. The summed E-state index contributed by atoms with van der Waals surface area (Å²) in [5.41, 5.74) is 12.3. The smallest absolute Gasteiger partial charge is 0.0685 e. The molecule has 2 unspecified atom stereocenters. The number of benzene rings is 1. The van der Waals surface area contributed by atoms with Crippen molar-refractivity contribution in [1.29, 1.82) is 0 Å². The minimum absolute atomic E-state index is 0.159. The van der Waals surface area contributed by atoms with Gasteiger partial charge in [-0.15, -0.1) is 0 Å². The van der Waals surface area contributed by atoms with Crippen molar-refractivity contribution in [2.45, 2.75) is 70.9 Å². The third-order valence-electron chi connectivity index (χ3n) is 5.63. The second kappa shape index (κ2) is 5.73. The summed E-state index contributed by atoms with van der Waals surface area (Å²) in [5, 5.41) is 0. The lowest BCUT2D eigenvalue weighted by Gasteiger charge is -2.41. The van der Waals surface area contributed by atoms with Crippen molar-refractivity contribution in [3.05, 3.63) is 34.4 Å². The molecule has 0 radical (unpaired) electrons. The number of hydrogen-bond acceptors (Lipinski definition) is 2. The summed E-state index contributed by atoms with van der Waals surface area (Å²) >= 11 is 0. The van der Waals surface area contributed by atoms with Gasteiger partial charge in [0.25, 0.3) is 0 Å². The normalized spacial score (nSPS) is 26.2. The van der Waals surface area contributed by atoms with E-state index >= 15 is 0 Å². The highest BCUT2D eigenvalue weighted by Crippen LogP contribution is 2.45. The fourth-order valence-corrected chi connectivity index (χ4v) is 4.69. The van der Waals surface area contributed by atoms with E-state index in [4.69, 9.17) is 10.5 Å². The topological polar surface area (TPSA) is 35.2 Å². The molecule has 1 saturated carbocycles. The summed E-state index contributed by atoms with van der Waals surface area (Å²) in [4.78, 5) is 0. The molecule has 0 amide bonds. The van der Waals surface area contributed by atoms with Crippen LogP contribution >= 0.6 is 0 Å². The molecule has 1 heterocycles. The Balaban J connectivity index is 1.83. The quantitative estimate of drug-likeness (QED) is 0.877. The summed E-state index contributed by atoms with van der Waals surface area (Å²) in [6.07, 6.45) is 7.38. The van der Waals surface area contributed by atoms with Crippen molar-refractivity contribution in [3.63, 3.8) is 0 Å². The van der Waals surface area contributed by atoms with Gasteiger partial charge >= 0.3 is 0 Å². The minimum atomic E-state index is 0.159. The molecule has 1 aromatic rings. The maximum atomic E-state index is 6.72. The molecule has 0 aromatic heterocycles. The van der Waals surface area contributed by atoms with Gasteiger partial charge in [0.2, 0.25) is 0 Å². The van der Waals surface area contributed by atoms with Gasteiger partial charge in [0.1, 0.15) is 0 Å². The van der Waals surface area contributed by atoms with Gasteiger partial charge in [0.15, 0.2) is 0 Å². The first-order valence-electron chi connectivity index (χ1n) is 8.48. The van der Waals surface area contributed by atoms with Crippen LogP contribution in [0.3, 0.4) is 0 Å². The summed E-state index contributed by atoms with van der Waals surface area (Å²) in [7, 11) is 0. The van der Waals surface area contributed by atoms with Crippen molar-refractivity contribution in [2.75, 3.05) is 6.61 Å². The van der Waals surface area contributed by atoms with E-state index in [0.717, 1.165) is 19.4 Å². The zero-order valence-electron chi connectivity index (χ0n) is 13.7. The van der Waals surface area contributed by atoms with E-state index in [-0.39, 0.29) is 11.6 Å². The number of rotatable bonds is 2. The largest absolute Gasteiger partial charge is 0.375 e. The molecule has 2 atom stereocenters. The van der Waals surface area contributed by atoms with Crippen LogP contribution in [0.5, 0.6) is 0 Å². The van der Waals surface area contributed by atoms with Gasteiger partial charge < -0.3 is 10.5 Å². The molecule has 1 saturated heterocycles. The van der Waals surface area contributed by atoms with Gasteiger partial charge in [-0.3, -0.25) is 0 Å². The van der Waals surface area contributed by atoms with E-state index in [1.807, 2.05) is 0 Å². The monoisotopic (exact) mass is 287 g/mol. The Kier molecular flexibility index (Phi) is 4.11. The van der Waals surface area contributed by atoms with Gasteiger partial charge in [-0.1, -0.05) is 30.5 Å². The Morgan fingerprint density at radius 3 is 2.38 bits per heavy atom. The molecule has 1 spiro atoms. The van der Waals surface area contributed by atoms with Crippen molar-refractivity contribution in [3.8, 4) is 0 Å². The summed E-state index contributed by atoms with van der Waals surface area (Å²) in [6.45, 7) is 7.47. The van der Waals surface area contributed by atoms with E-state index < -0.39 is 0 Å². The summed E-state index contributed by atoms with van der Waals surface area (Å²) < 4.78 is 6.17. The summed E-state index contributed by atoms with van der Waals surface area (Å²) in [5.74, 6) is 0.567. The molecule has 2 N–H and O–H groups in total. The zero-order chi connectivity index (χ0) is 15.0. The molecule has 2 heteroatoms. The van der Waals surface area contributed by atoms with E-state index in [9.17, 15) is 0 Å². The van der Waals surface area contributed by atoms with Crippen LogP contribution in [-0.4, -0.2) is 12.2 Å². The Morgan fingerprint density at radius 1 is 1.14 bits per heavy atom. The average Bonchev–Trinajstić information content (AvgIpc) is 2.85. The highest BCUT2D eigenvalue weighted by Gasteiger charge is 2.41. The second-order valence-electron chi connectivity index (χ2n) is 7.33. The highest BCUT2D eigenvalue weighted by atomic mass is 16.5.